The summed E-state index contributed by atoms with van der Waals surface area (Å²) >= 11 is 0. The molecular weight excluding hydrogens is 296 g/mol. The Kier molecular flexibility index (Phi) is 4.22. The van der Waals surface area contributed by atoms with Crippen molar-refractivity contribution < 1.29 is 27.0 Å². The zero-order valence-electron chi connectivity index (χ0n) is 11.4. The third-order valence-electron chi connectivity index (χ3n) is 3.15. The monoisotopic (exact) mass is 310 g/mol. The van der Waals surface area contributed by atoms with Crippen molar-refractivity contribution in [1.29, 1.82) is 0 Å². The first-order chi connectivity index (χ1) is 9.79. The molecule has 1 fully saturated rings. The van der Waals surface area contributed by atoms with Crippen LogP contribution < -0.4 is 4.18 Å². The van der Waals surface area contributed by atoms with Gasteiger partial charge in [-0.1, -0.05) is 12.1 Å². The fraction of sp³-hybridized carbons (Fsp3) is 0.357. The van der Waals surface area contributed by atoms with E-state index < -0.39 is 33.4 Å². The molecule has 1 aliphatic rings. The summed E-state index contributed by atoms with van der Waals surface area (Å²) in [6.07, 6.45) is 1.66. The number of ketones is 3. The molecule has 0 spiro atoms. The Balaban J connectivity index is 2.39. The van der Waals surface area contributed by atoms with Crippen LogP contribution >= 0.6 is 0 Å². The normalized spacial score (nSPS) is 16.8. The largest absolute Gasteiger partial charge is 0.382 e. The van der Waals surface area contributed by atoms with E-state index in [1.54, 1.807) is 0 Å². The highest BCUT2D eigenvalue weighted by atomic mass is 32.2. The molecule has 1 aromatic rings. The van der Waals surface area contributed by atoms with E-state index in [0.29, 0.717) is 6.42 Å². The van der Waals surface area contributed by atoms with Crippen LogP contribution in [0.3, 0.4) is 0 Å². The Labute approximate surface area is 122 Å². The predicted octanol–water partition coefficient (Wildman–Crippen LogP) is 1.15. The molecule has 1 aliphatic carbocycles. The van der Waals surface area contributed by atoms with E-state index in [2.05, 4.69) is 0 Å². The summed E-state index contributed by atoms with van der Waals surface area (Å²) in [7, 11) is -3.81. The standard InChI is InChI=1S/C14H14O6S/c1-21(18,19)20-12-8-3-2-5-9(12)14(17)13-10(15)6-4-7-11(13)16/h2-3,5,8,13H,4,6-7H2,1H3. The number of benzene rings is 1. The smallest absolute Gasteiger partial charge is 0.306 e. The van der Waals surface area contributed by atoms with Crippen LogP contribution in [0.15, 0.2) is 24.3 Å². The Morgan fingerprint density at radius 2 is 1.71 bits per heavy atom. The van der Waals surface area contributed by atoms with E-state index in [1.165, 1.54) is 24.3 Å². The van der Waals surface area contributed by atoms with Crippen molar-refractivity contribution in [2.75, 3.05) is 6.26 Å². The van der Waals surface area contributed by atoms with Gasteiger partial charge in [0, 0.05) is 12.8 Å². The lowest BCUT2D eigenvalue weighted by Gasteiger charge is -2.19. The van der Waals surface area contributed by atoms with Gasteiger partial charge in [-0.15, -0.1) is 0 Å². The zero-order valence-corrected chi connectivity index (χ0v) is 12.2. The lowest BCUT2D eigenvalue weighted by atomic mass is 9.81. The summed E-state index contributed by atoms with van der Waals surface area (Å²) in [5, 5.41) is 0. The van der Waals surface area contributed by atoms with Crippen molar-refractivity contribution in [2.24, 2.45) is 5.92 Å². The topological polar surface area (TPSA) is 94.6 Å². The van der Waals surface area contributed by atoms with Crippen molar-refractivity contribution in [2.45, 2.75) is 19.3 Å². The van der Waals surface area contributed by atoms with Crippen LogP contribution in [0.5, 0.6) is 5.75 Å². The highest BCUT2D eigenvalue weighted by molar-refractivity contribution is 7.86. The predicted molar refractivity (Wildman–Crippen MR) is 73.6 cm³/mol. The van der Waals surface area contributed by atoms with Crippen LogP contribution in [0.1, 0.15) is 29.6 Å². The summed E-state index contributed by atoms with van der Waals surface area (Å²) in [6.45, 7) is 0. The average molecular weight is 310 g/mol. The van der Waals surface area contributed by atoms with Gasteiger partial charge in [-0.2, -0.15) is 8.42 Å². The van der Waals surface area contributed by atoms with E-state index in [4.69, 9.17) is 4.18 Å². The van der Waals surface area contributed by atoms with E-state index in [0.717, 1.165) is 6.26 Å². The van der Waals surface area contributed by atoms with Gasteiger partial charge in [0.25, 0.3) is 0 Å². The van der Waals surface area contributed by atoms with Crippen LogP contribution in [0.25, 0.3) is 0 Å². The number of Topliss-reactive ketones (excluding diaryl/α,β-unsaturated/α-hetero) is 3. The molecule has 112 valence electrons. The van der Waals surface area contributed by atoms with Crippen LogP contribution in [-0.4, -0.2) is 32.0 Å². The lowest BCUT2D eigenvalue weighted by molar-refractivity contribution is -0.133. The highest BCUT2D eigenvalue weighted by Crippen LogP contribution is 2.27. The molecular formula is C14H14O6S. The molecule has 1 saturated carbocycles. The van der Waals surface area contributed by atoms with Crippen LogP contribution in [0.4, 0.5) is 0 Å². The van der Waals surface area contributed by atoms with E-state index >= 15 is 0 Å². The lowest BCUT2D eigenvalue weighted by Crippen LogP contribution is -2.35. The molecule has 0 aliphatic heterocycles. The van der Waals surface area contributed by atoms with Gasteiger partial charge in [-0.25, -0.2) is 0 Å². The quantitative estimate of drug-likeness (QED) is 0.470. The second-order valence-electron chi connectivity index (χ2n) is 4.87. The van der Waals surface area contributed by atoms with Crippen molar-refractivity contribution in [1.82, 2.24) is 0 Å². The van der Waals surface area contributed by atoms with Gasteiger partial charge in [-0.05, 0) is 18.6 Å². The van der Waals surface area contributed by atoms with Gasteiger partial charge in [0.2, 0.25) is 0 Å². The minimum Gasteiger partial charge on any atom is -0.382 e. The minimum atomic E-state index is -3.81. The van der Waals surface area contributed by atoms with Gasteiger partial charge in [-0.3, -0.25) is 14.4 Å². The SMILES string of the molecule is CS(=O)(=O)Oc1ccccc1C(=O)C1C(=O)CCCC1=O. The molecule has 0 heterocycles. The Bertz CT molecular complexity index is 688. The second-order valence-corrected chi connectivity index (χ2v) is 6.44. The van der Waals surface area contributed by atoms with Crippen LogP contribution in [0.2, 0.25) is 0 Å². The molecule has 0 unspecified atom stereocenters. The summed E-state index contributed by atoms with van der Waals surface area (Å²) in [5.74, 6) is -3.07. The summed E-state index contributed by atoms with van der Waals surface area (Å²) in [4.78, 5) is 36.0. The second kappa shape index (κ2) is 5.77. The van der Waals surface area contributed by atoms with Gasteiger partial charge in [0.15, 0.2) is 23.1 Å². The van der Waals surface area contributed by atoms with Crippen molar-refractivity contribution in [3.05, 3.63) is 29.8 Å². The van der Waals surface area contributed by atoms with Crippen molar-refractivity contribution in [3.63, 3.8) is 0 Å². The maximum atomic E-state index is 12.4. The number of carbonyl (C=O) groups excluding carboxylic acids is 3. The Morgan fingerprint density at radius 1 is 1.14 bits per heavy atom. The maximum absolute atomic E-state index is 12.4. The molecule has 0 bridgehead atoms. The van der Waals surface area contributed by atoms with Crippen LogP contribution in [-0.2, 0) is 19.7 Å². The van der Waals surface area contributed by atoms with Crippen molar-refractivity contribution in [3.8, 4) is 5.75 Å². The zero-order chi connectivity index (χ0) is 15.6. The first-order valence-electron chi connectivity index (χ1n) is 6.38. The number of rotatable bonds is 4. The highest BCUT2D eigenvalue weighted by Gasteiger charge is 2.37. The molecule has 7 heteroatoms. The molecule has 2 rings (SSSR count). The molecule has 0 amide bonds. The van der Waals surface area contributed by atoms with Gasteiger partial charge in [0.05, 0.1) is 11.8 Å². The van der Waals surface area contributed by atoms with E-state index in [9.17, 15) is 22.8 Å². The molecule has 0 aromatic heterocycles. The Morgan fingerprint density at radius 3 is 2.29 bits per heavy atom. The maximum Gasteiger partial charge on any atom is 0.306 e. The van der Waals surface area contributed by atoms with Crippen LogP contribution in [0, 0.1) is 5.92 Å². The fourth-order valence-electron chi connectivity index (χ4n) is 2.26. The summed E-state index contributed by atoms with van der Waals surface area (Å²) in [5.41, 5.74) is -0.0727. The van der Waals surface area contributed by atoms with Crippen molar-refractivity contribution >= 4 is 27.5 Å². The molecule has 0 N–H and O–H groups in total. The Hall–Kier alpha value is -2.02. The molecule has 21 heavy (non-hydrogen) atoms. The number of para-hydroxylation sites is 1. The first kappa shape index (κ1) is 15.4. The average Bonchev–Trinajstić information content (AvgIpc) is 2.37. The summed E-state index contributed by atoms with van der Waals surface area (Å²) < 4.78 is 27.2. The first-order valence-corrected chi connectivity index (χ1v) is 8.19. The van der Waals surface area contributed by atoms with Gasteiger partial charge < -0.3 is 4.18 Å². The minimum absolute atomic E-state index is 0.0727. The third kappa shape index (κ3) is 3.55. The van der Waals surface area contributed by atoms with E-state index in [1.807, 2.05) is 0 Å². The molecule has 1 aromatic carbocycles. The number of hydrogen-bond donors (Lipinski definition) is 0. The molecule has 6 nitrogen and oxygen atoms in total. The number of carbonyl (C=O) groups is 3. The molecule has 0 saturated heterocycles. The molecule has 0 atom stereocenters. The number of hydrogen-bond acceptors (Lipinski definition) is 6. The summed E-state index contributed by atoms with van der Waals surface area (Å²) in [6, 6.07) is 5.67. The van der Waals surface area contributed by atoms with E-state index in [-0.39, 0.29) is 24.2 Å². The third-order valence-corrected chi connectivity index (χ3v) is 3.63. The molecule has 0 radical (unpaired) electrons. The van der Waals surface area contributed by atoms with Gasteiger partial charge >= 0.3 is 10.1 Å². The fourth-order valence-corrected chi connectivity index (χ4v) is 2.73. The van der Waals surface area contributed by atoms with Gasteiger partial charge in [0.1, 0.15) is 5.92 Å².